The highest BCUT2D eigenvalue weighted by atomic mass is 16.5. The zero-order chi connectivity index (χ0) is 16.1. The smallest absolute Gasteiger partial charge is 0.411 e. The number of ether oxygens (including phenoxy) is 1. The van der Waals surface area contributed by atoms with Gasteiger partial charge in [0.25, 0.3) is 0 Å². The molecule has 0 spiro atoms. The molecule has 0 aliphatic carbocycles. The van der Waals surface area contributed by atoms with Gasteiger partial charge in [-0.05, 0) is 29.1 Å². The Kier molecular flexibility index (Phi) is 4.21. The average Bonchev–Trinajstić information content (AvgIpc) is 2.61. The first kappa shape index (κ1) is 14.6. The second-order valence-corrected chi connectivity index (χ2v) is 5.04. The van der Waals surface area contributed by atoms with Crippen LogP contribution in [0.15, 0.2) is 66.7 Å². The van der Waals surface area contributed by atoms with Gasteiger partial charge in [0.05, 0.1) is 17.3 Å². The van der Waals surface area contributed by atoms with Crippen molar-refractivity contribution in [3.63, 3.8) is 0 Å². The molecule has 0 saturated heterocycles. The molecule has 0 aromatic heterocycles. The Hall–Kier alpha value is -3.32. The van der Waals surface area contributed by atoms with E-state index in [0.29, 0.717) is 11.3 Å². The summed E-state index contributed by atoms with van der Waals surface area (Å²) < 4.78 is 5.22. The van der Waals surface area contributed by atoms with E-state index in [4.69, 9.17) is 10.00 Å². The van der Waals surface area contributed by atoms with Crippen LogP contribution in [0.2, 0.25) is 0 Å². The molecule has 0 unspecified atom stereocenters. The summed E-state index contributed by atoms with van der Waals surface area (Å²) in [5.41, 5.74) is 2.09. The molecular weight excluding hydrogens is 288 g/mol. The predicted octanol–water partition coefficient (Wildman–Crippen LogP) is 4.46. The van der Waals surface area contributed by atoms with Gasteiger partial charge in [-0.25, -0.2) is 4.79 Å². The molecule has 4 nitrogen and oxygen atoms in total. The highest BCUT2D eigenvalue weighted by Gasteiger charge is 2.07. The van der Waals surface area contributed by atoms with E-state index < -0.39 is 6.09 Å². The minimum Gasteiger partial charge on any atom is -0.444 e. The number of carbonyl (C=O) groups excluding carboxylic acids is 1. The predicted molar refractivity (Wildman–Crippen MR) is 88.9 cm³/mol. The van der Waals surface area contributed by atoms with E-state index in [1.807, 2.05) is 48.5 Å². The third-order valence-electron chi connectivity index (χ3n) is 3.46. The molecule has 112 valence electrons. The minimum atomic E-state index is -0.524. The summed E-state index contributed by atoms with van der Waals surface area (Å²) in [6.45, 7) is 0.209. The normalized spacial score (nSPS) is 10.0. The molecule has 3 aromatic rings. The molecule has 3 rings (SSSR count). The fraction of sp³-hybridized carbons (Fsp3) is 0.0526. The first-order valence-corrected chi connectivity index (χ1v) is 7.17. The first-order valence-electron chi connectivity index (χ1n) is 7.17. The Bertz CT molecular complexity index is 883. The SMILES string of the molecule is N#Cc1ccc2cccc(NC(=O)OCc3ccccc3)c2c1. The average molecular weight is 302 g/mol. The van der Waals surface area contributed by atoms with E-state index in [1.54, 1.807) is 18.2 Å². The van der Waals surface area contributed by atoms with Crippen LogP contribution in [0.1, 0.15) is 11.1 Å². The van der Waals surface area contributed by atoms with E-state index in [-0.39, 0.29) is 6.61 Å². The zero-order valence-corrected chi connectivity index (χ0v) is 12.3. The van der Waals surface area contributed by atoms with Crippen molar-refractivity contribution in [1.29, 1.82) is 5.26 Å². The molecule has 0 atom stereocenters. The quantitative estimate of drug-likeness (QED) is 0.777. The molecule has 0 bridgehead atoms. The van der Waals surface area contributed by atoms with Gasteiger partial charge in [0.2, 0.25) is 0 Å². The summed E-state index contributed by atoms with van der Waals surface area (Å²) in [5, 5.41) is 13.5. The lowest BCUT2D eigenvalue weighted by atomic mass is 10.1. The van der Waals surface area contributed by atoms with Crippen molar-refractivity contribution >= 4 is 22.6 Å². The van der Waals surface area contributed by atoms with Crippen LogP contribution in [0.3, 0.4) is 0 Å². The maximum atomic E-state index is 12.0. The number of benzene rings is 3. The third kappa shape index (κ3) is 3.47. The number of amides is 1. The summed E-state index contributed by atoms with van der Waals surface area (Å²) in [6.07, 6.45) is -0.524. The third-order valence-corrected chi connectivity index (χ3v) is 3.46. The molecule has 3 aromatic carbocycles. The van der Waals surface area contributed by atoms with Crippen LogP contribution in [0, 0.1) is 11.3 Å². The van der Waals surface area contributed by atoms with Crippen LogP contribution >= 0.6 is 0 Å². The van der Waals surface area contributed by atoms with Gasteiger partial charge in [-0.2, -0.15) is 5.26 Å². The molecule has 0 heterocycles. The summed E-state index contributed by atoms with van der Waals surface area (Å²) in [7, 11) is 0. The topological polar surface area (TPSA) is 62.1 Å². The highest BCUT2D eigenvalue weighted by molar-refractivity contribution is 6.00. The summed E-state index contributed by atoms with van der Waals surface area (Å²) in [5.74, 6) is 0. The van der Waals surface area contributed by atoms with Crippen LogP contribution in [0.5, 0.6) is 0 Å². The molecular formula is C19H14N2O2. The van der Waals surface area contributed by atoms with Crippen LogP contribution in [0.25, 0.3) is 10.8 Å². The summed E-state index contributed by atoms with van der Waals surface area (Å²) in [6, 6.07) is 22.5. The molecule has 23 heavy (non-hydrogen) atoms. The molecule has 0 aliphatic heterocycles. The van der Waals surface area contributed by atoms with Crippen molar-refractivity contribution in [2.24, 2.45) is 0 Å². The molecule has 0 aliphatic rings. The maximum absolute atomic E-state index is 12.0. The standard InChI is InChI=1S/C19H14N2O2/c20-12-15-9-10-16-7-4-8-18(17(16)11-15)21-19(22)23-13-14-5-2-1-3-6-14/h1-11H,13H2,(H,21,22). The Balaban J connectivity index is 1.76. The van der Waals surface area contributed by atoms with Crippen molar-refractivity contribution in [3.8, 4) is 6.07 Å². The Labute approximate surface area is 133 Å². The van der Waals surface area contributed by atoms with E-state index in [2.05, 4.69) is 11.4 Å². The lowest BCUT2D eigenvalue weighted by Gasteiger charge is -2.10. The second kappa shape index (κ2) is 6.63. The Morgan fingerprint density at radius 3 is 2.65 bits per heavy atom. The van der Waals surface area contributed by atoms with Crippen LogP contribution < -0.4 is 5.32 Å². The van der Waals surface area contributed by atoms with Crippen LogP contribution in [-0.2, 0) is 11.3 Å². The fourth-order valence-corrected chi connectivity index (χ4v) is 2.32. The van der Waals surface area contributed by atoms with Gasteiger partial charge in [-0.3, -0.25) is 5.32 Å². The lowest BCUT2D eigenvalue weighted by molar-refractivity contribution is 0.155. The van der Waals surface area contributed by atoms with Gasteiger partial charge in [0.15, 0.2) is 0 Å². The molecule has 1 amide bonds. The van der Waals surface area contributed by atoms with Crippen molar-refractivity contribution in [2.45, 2.75) is 6.61 Å². The highest BCUT2D eigenvalue weighted by Crippen LogP contribution is 2.24. The van der Waals surface area contributed by atoms with E-state index in [9.17, 15) is 4.79 Å². The molecule has 1 N–H and O–H groups in total. The number of nitriles is 1. The number of rotatable bonds is 3. The van der Waals surface area contributed by atoms with Gasteiger partial charge in [-0.1, -0.05) is 48.5 Å². The zero-order valence-electron chi connectivity index (χ0n) is 12.3. The Morgan fingerprint density at radius 1 is 1.04 bits per heavy atom. The van der Waals surface area contributed by atoms with Crippen molar-refractivity contribution in [3.05, 3.63) is 77.9 Å². The van der Waals surface area contributed by atoms with E-state index in [0.717, 1.165) is 16.3 Å². The van der Waals surface area contributed by atoms with Crippen LogP contribution in [0.4, 0.5) is 10.5 Å². The van der Waals surface area contributed by atoms with Gasteiger partial charge in [0.1, 0.15) is 6.61 Å². The summed E-state index contributed by atoms with van der Waals surface area (Å²) >= 11 is 0. The molecule has 0 saturated carbocycles. The number of fused-ring (bicyclic) bond motifs is 1. The van der Waals surface area contributed by atoms with Crippen molar-refractivity contribution in [1.82, 2.24) is 0 Å². The lowest BCUT2D eigenvalue weighted by Crippen LogP contribution is -2.13. The number of carbonyl (C=O) groups is 1. The second-order valence-electron chi connectivity index (χ2n) is 5.04. The van der Waals surface area contributed by atoms with Gasteiger partial charge in [0, 0.05) is 5.39 Å². The van der Waals surface area contributed by atoms with Crippen molar-refractivity contribution < 1.29 is 9.53 Å². The number of hydrogen-bond acceptors (Lipinski definition) is 3. The fourth-order valence-electron chi connectivity index (χ4n) is 2.32. The van der Waals surface area contributed by atoms with Gasteiger partial charge < -0.3 is 4.74 Å². The summed E-state index contributed by atoms with van der Waals surface area (Å²) in [4.78, 5) is 12.0. The van der Waals surface area contributed by atoms with Gasteiger partial charge in [-0.15, -0.1) is 0 Å². The number of nitrogens with one attached hydrogen (secondary N) is 1. The minimum absolute atomic E-state index is 0.209. The van der Waals surface area contributed by atoms with Crippen LogP contribution in [-0.4, -0.2) is 6.09 Å². The molecule has 0 fully saturated rings. The monoisotopic (exact) mass is 302 g/mol. The Morgan fingerprint density at radius 2 is 1.87 bits per heavy atom. The number of anilines is 1. The molecule has 4 heteroatoms. The largest absolute Gasteiger partial charge is 0.444 e. The van der Waals surface area contributed by atoms with Gasteiger partial charge >= 0.3 is 6.09 Å². The number of hydrogen-bond donors (Lipinski definition) is 1. The van der Waals surface area contributed by atoms with E-state index in [1.165, 1.54) is 0 Å². The maximum Gasteiger partial charge on any atom is 0.411 e. The first-order chi connectivity index (χ1) is 11.3. The molecule has 0 radical (unpaired) electrons. The van der Waals surface area contributed by atoms with Crippen molar-refractivity contribution in [2.75, 3.05) is 5.32 Å². The van der Waals surface area contributed by atoms with E-state index >= 15 is 0 Å². The number of nitrogens with zero attached hydrogens (tertiary/aromatic N) is 1.